The molecule has 2 rings (SSSR count). The Kier molecular flexibility index (Phi) is 4.38. The van der Waals surface area contributed by atoms with Gasteiger partial charge in [0.25, 0.3) is 5.91 Å². The van der Waals surface area contributed by atoms with E-state index >= 15 is 0 Å². The number of carbonyl (C=O) groups excluding carboxylic acids is 1. The highest BCUT2D eigenvalue weighted by molar-refractivity contribution is 7.97. The minimum absolute atomic E-state index is 0.0800. The first-order valence-electron chi connectivity index (χ1n) is 5.50. The van der Waals surface area contributed by atoms with Crippen LogP contribution in [0.2, 0.25) is 0 Å². The smallest absolute Gasteiger partial charge is 0.267 e. The standard InChI is InChI=1S/C13H14N2OS2/c1-9-12(18-8-14-9)13(16)15-11-6-4-3-5-10(11)7-17-2/h3-6,8H,7H2,1-2H3,(H,15,16). The van der Waals surface area contributed by atoms with Crippen LogP contribution in [0.25, 0.3) is 0 Å². The summed E-state index contributed by atoms with van der Waals surface area (Å²) in [4.78, 5) is 16.9. The molecule has 0 atom stereocenters. The Labute approximate surface area is 115 Å². The average molecular weight is 278 g/mol. The van der Waals surface area contributed by atoms with E-state index in [-0.39, 0.29) is 5.91 Å². The second kappa shape index (κ2) is 6.02. The van der Waals surface area contributed by atoms with Gasteiger partial charge in [0.2, 0.25) is 0 Å². The number of amides is 1. The highest BCUT2D eigenvalue weighted by atomic mass is 32.2. The molecule has 0 unspecified atom stereocenters. The van der Waals surface area contributed by atoms with E-state index in [1.807, 2.05) is 37.4 Å². The van der Waals surface area contributed by atoms with Crippen molar-refractivity contribution in [3.8, 4) is 0 Å². The van der Waals surface area contributed by atoms with Gasteiger partial charge in [0.1, 0.15) is 4.88 Å². The van der Waals surface area contributed by atoms with Crippen molar-refractivity contribution >= 4 is 34.7 Å². The number of thiazole rings is 1. The molecule has 1 aromatic carbocycles. The molecule has 2 aromatic rings. The summed E-state index contributed by atoms with van der Waals surface area (Å²) in [5.74, 6) is 0.807. The van der Waals surface area contributed by atoms with Crippen molar-refractivity contribution in [2.24, 2.45) is 0 Å². The predicted molar refractivity (Wildman–Crippen MR) is 78.5 cm³/mol. The number of carbonyl (C=O) groups is 1. The van der Waals surface area contributed by atoms with E-state index in [1.54, 1.807) is 17.3 Å². The maximum atomic E-state index is 12.1. The normalized spacial score (nSPS) is 10.3. The SMILES string of the molecule is CSCc1ccccc1NC(=O)c1scnc1C. The Bertz CT molecular complexity index is 551. The van der Waals surface area contributed by atoms with Crippen molar-refractivity contribution in [3.63, 3.8) is 0 Å². The summed E-state index contributed by atoms with van der Waals surface area (Å²) in [7, 11) is 0. The molecule has 18 heavy (non-hydrogen) atoms. The highest BCUT2D eigenvalue weighted by Crippen LogP contribution is 2.21. The minimum Gasteiger partial charge on any atom is -0.321 e. The van der Waals surface area contributed by atoms with Crippen molar-refractivity contribution in [1.82, 2.24) is 4.98 Å². The molecule has 0 saturated heterocycles. The molecule has 0 bridgehead atoms. The van der Waals surface area contributed by atoms with Crippen molar-refractivity contribution in [1.29, 1.82) is 0 Å². The van der Waals surface area contributed by atoms with Gasteiger partial charge >= 0.3 is 0 Å². The Morgan fingerprint density at radius 2 is 2.22 bits per heavy atom. The van der Waals surface area contributed by atoms with Gasteiger partial charge in [-0.05, 0) is 24.8 Å². The van der Waals surface area contributed by atoms with Gasteiger partial charge in [0.05, 0.1) is 11.2 Å². The predicted octanol–water partition coefficient (Wildman–Crippen LogP) is 3.57. The van der Waals surface area contributed by atoms with Crippen LogP contribution in [0.15, 0.2) is 29.8 Å². The second-order valence-electron chi connectivity index (χ2n) is 3.81. The summed E-state index contributed by atoms with van der Waals surface area (Å²) in [6, 6.07) is 7.88. The van der Waals surface area contributed by atoms with Gasteiger partial charge in [-0.2, -0.15) is 11.8 Å². The maximum Gasteiger partial charge on any atom is 0.267 e. The fourth-order valence-corrected chi connectivity index (χ4v) is 2.88. The second-order valence-corrected chi connectivity index (χ2v) is 5.53. The summed E-state index contributed by atoms with van der Waals surface area (Å²) in [6.45, 7) is 1.85. The third-order valence-corrected chi connectivity index (χ3v) is 4.04. The Balaban J connectivity index is 2.19. The zero-order chi connectivity index (χ0) is 13.0. The highest BCUT2D eigenvalue weighted by Gasteiger charge is 2.13. The molecule has 94 valence electrons. The van der Waals surface area contributed by atoms with E-state index in [2.05, 4.69) is 10.3 Å². The topological polar surface area (TPSA) is 42.0 Å². The number of hydrogen-bond acceptors (Lipinski definition) is 4. The molecule has 0 radical (unpaired) electrons. The van der Waals surface area contributed by atoms with E-state index in [0.717, 1.165) is 22.7 Å². The van der Waals surface area contributed by atoms with Crippen LogP contribution in [0.5, 0.6) is 0 Å². The molecule has 1 heterocycles. The molecule has 1 amide bonds. The van der Waals surface area contributed by atoms with E-state index < -0.39 is 0 Å². The first-order chi connectivity index (χ1) is 8.72. The molecular weight excluding hydrogens is 264 g/mol. The maximum absolute atomic E-state index is 12.1. The first kappa shape index (κ1) is 13.1. The van der Waals surface area contributed by atoms with Gasteiger partial charge in [0.15, 0.2) is 0 Å². The lowest BCUT2D eigenvalue weighted by atomic mass is 10.2. The van der Waals surface area contributed by atoms with Crippen LogP contribution < -0.4 is 5.32 Å². The first-order valence-corrected chi connectivity index (χ1v) is 7.78. The van der Waals surface area contributed by atoms with Gasteiger partial charge in [-0.25, -0.2) is 4.98 Å². The lowest BCUT2D eigenvalue weighted by molar-refractivity contribution is 0.102. The average Bonchev–Trinajstić information content (AvgIpc) is 2.78. The number of aromatic nitrogens is 1. The summed E-state index contributed by atoms with van der Waals surface area (Å²) in [5.41, 5.74) is 4.49. The molecule has 0 spiro atoms. The van der Waals surface area contributed by atoms with Gasteiger partial charge in [-0.1, -0.05) is 18.2 Å². The zero-order valence-electron chi connectivity index (χ0n) is 10.3. The van der Waals surface area contributed by atoms with Crippen molar-refractivity contribution < 1.29 is 4.79 Å². The number of nitrogens with zero attached hydrogens (tertiary/aromatic N) is 1. The van der Waals surface area contributed by atoms with Crippen molar-refractivity contribution in [2.75, 3.05) is 11.6 Å². The third kappa shape index (κ3) is 2.91. The number of aryl methyl sites for hydroxylation is 1. The fourth-order valence-electron chi connectivity index (χ4n) is 1.62. The lowest BCUT2D eigenvalue weighted by Gasteiger charge is -2.09. The molecule has 1 N–H and O–H groups in total. The van der Waals surface area contributed by atoms with Gasteiger partial charge < -0.3 is 5.32 Å². The van der Waals surface area contributed by atoms with E-state index in [4.69, 9.17) is 0 Å². The molecule has 0 aliphatic heterocycles. The summed E-state index contributed by atoms with van der Waals surface area (Å²) < 4.78 is 0. The van der Waals surface area contributed by atoms with Crippen LogP contribution in [0.4, 0.5) is 5.69 Å². The monoisotopic (exact) mass is 278 g/mol. The van der Waals surface area contributed by atoms with E-state index in [0.29, 0.717) is 4.88 Å². The van der Waals surface area contributed by atoms with Crippen LogP contribution in [0, 0.1) is 6.92 Å². The van der Waals surface area contributed by atoms with E-state index in [9.17, 15) is 4.79 Å². The number of thioether (sulfide) groups is 1. The molecule has 0 aliphatic rings. The van der Waals surface area contributed by atoms with Crippen molar-refractivity contribution in [2.45, 2.75) is 12.7 Å². The number of nitrogens with one attached hydrogen (secondary N) is 1. The number of para-hydroxylation sites is 1. The summed E-state index contributed by atoms with van der Waals surface area (Å²) >= 11 is 3.10. The summed E-state index contributed by atoms with van der Waals surface area (Å²) in [6.07, 6.45) is 2.05. The van der Waals surface area contributed by atoms with Crippen LogP contribution >= 0.6 is 23.1 Å². The Hall–Kier alpha value is -1.33. The molecule has 1 aromatic heterocycles. The number of hydrogen-bond donors (Lipinski definition) is 1. The lowest BCUT2D eigenvalue weighted by Crippen LogP contribution is -2.12. The molecule has 0 saturated carbocycles. The number of rotatable bonds is 4. The third-order valence-electron chi connectivity index (χ3n) is 2.52. The Morgan fingerprint density at radius 1 is 1.44 bits per heavy atom. The molecule has 3 nitrogen and oxygen atoms in total. The van der Waals surface area contributed by atoms with Crippen LogP contribution in [0.1, 0.15) is 20.9 Å². The number of anilines is 1. The Morgan fingerprint density at radius 3 is 2.89 bits per heavy atom. The fraction of sp³-hybridized carbons (Fsp3) is 0.231. The van der Waals surface area contributed by atoms with Gasteiger partial charge in [-0.15, -0.1) is 11.3 Å². The minimum atomic E-state index is -0.0800. The molecule has 0 aliphatic carbocycles. The summed E-state index contributed by atoms with van der Waals surface area (Å²) in [5, 5.41) is 2.96. The zero-order valence-corrected chi connectivity index (χ0v) is 11.9. The molecule has 0 fully saturated rings. The van der Waals surface area contributed by atoms with E-state index in [1.165, 1.54) is 11.3 Å². The molecular formula is C13H14N2OS2. The van der Waals surface area contributed by atoms with Gasteiger partial charge in [-0.3, -0.25) is 4.79 Å². The van der Waals surface area contributed by atoms with Crippen LogP contribution in [0.3, 0.4) is 0 Å². The van der Waals surface area contributed by atoms with Crippen LogP contribution in [-0.4, -0.2) is 17.1 Å². The molecule has 5 heteroatoms. The van der Waals surface area contributed by atoms with Gasteiger partial charge in [0, 0.05) is 11.4 Å². The largest absolute Gasteiger partial charge is 0.321 e. The van der Waals surface area contributed by atoms with Crippen molar-refractivity contribution in [3.05, 3.63) is 45.9 Å². The number of benzene rings is 1. The van der Waals surface area contributed by atoms with Crippen LogP contribution in [-0.2, 0) is 5.75 Å². The quantitative estimate of drug-likeness (QED) is 0.929.